The van der Waals surface area contributed by atoms with Gasteiger partial charge in [-0.3, -0.25) is 9.69 Å². The van der Waals surface area contributed by atoms with Gasteiger partial charge in [0, 0.05) is 6.54 Å². The first-order valence-electron chi connectivity index (χ1n) is 7.67. The van der Waals surface area contributed by atoms with Crippen molar-refractivity contribution >= 4 is 17.7 Å². The monoisotopic (exact) mass is 340 g/mol. The van der Waals surface area contributed by atoms with Crippen LogP contribution in [0.2, 0.25) is 0 Å². The summed E-state index contributed by atoms with van der Waals surface area (Å²) in [6, 6.07) is 3.43. The number of nitrogens with zero attached hydrogens (tertiary/aromatic N) is 2. The molecule has 0 aromatic heterocycles. The van der Waals surface area contributed by atoms with Crippen LogP contribution in [-0.4, -0.2) is 41.1 Å². The number of para-hydroxylation sites is 1. The number of rotatable bonds is 1. The van der Waals surface area contributed by atoms with Crippen LogP contribution < -0.4 is 4.90 Å². The molecular weight excluding hydrogens is 318 g/mol. The minimum absolute atomic E-state index is 0.0388. The van der Waals surface area contributed by atoms with Crippen molar-refractivity contribution in [3.63, 3.8) is 0 Å². The molecule has 1 aromatic rings. The molecule has 24 heavy (non-hydrogen) atoms. The summed E-state index contributed by atoms with van der Waals surface area (Å²) in [7, 11) is 0. The molecule has 1 aliphatic rings. The van der Waals surface area contributed by atoms with Gasteiger partial charge in [0.15, 0.2) is 0 Å². The summed E-state index contributed by atoms with van der Waals surface area (Å²) in [6.07, 6.45) is -0.630. The lowest BCUT2D eigenvalue weighted by Crippen LogP contribution is -2.64. The molecule has 5 nitrogen and oxygen atoms in total. The zero-order valence-corrected chi connectivity index (χ0v) is 14.5. The molecule has 2 rings (SSSR count). The van der Waals surface area contributed by atoms with E-state index in [0.29, 0.717) is 0 Å². The molecule has 2 amide bonds. The van der Waals surface area contributed by atoms with Crippen molar-refractivity contribution in [3.8, 4) is 0 Å². The Bertz CT molecular complexity index is 648. The predicted octanol–water partition coefficient (Wildman–Crippen LogP) is 3.33. The van der Waals surface area contributed by atoms with Gasteiger partial charge in [0.25, 0.3) is 0 Å². The largest absolute Gasteiger partial charge is 0.444 e. The van der Waals surface area contributed by atoms with Crippen LogP contribution in [0.3, 0.4) is 0 Å². The van der Waals surface area contributed by atoms with E-state index < -0.39 is 34.8 Å². The van der Waals surface area contributed by atoms with Gasteiger partial charge >= 0.3 is 6.09 Å². The van der Waals surface area contributed by atoms with E-state index in [9.17, 15) is 18.4 Å². The number of benzene rings is 1. The highest BCUT2D eigenvalue weighted by molar-refractivity contribution is 5.98. The third-order valence-electron chi connectivity index (χ3n) is 3.69. The lowest BCUT2D eigenvalue weighted by Gasteiger charge is -2.46. The number of carbonyl (C=O) groups is 2. The minimum atomic E-state index is -0.842. The molecule has 0 atom stereocenters. The fourth-order valence-corrected chi connectivity index (χ4v) is 2.57. The molecule has 0 saturated carbocycles. The van der Waals surface area contributed by atoms with Crippen molar-refractivity contribution < 1.29 is 23.1 Å². The van der Waals surface area contributed by atoms with E-state index in [4.69, 9.17) is 4.74 Å². The van der Waals surface area contributed by atoms with Gasteiger partial charge in [-0.2, -0.15) is 0 Å². The topological polar surface area (TPSA) is 49.9 Å². The number of amides is 2. The highest BCUT2D eigenvalue weighted by Gasteiger charge is 2.44. The summed E-state index contributed by atoms with van der Waals surface area (Å²) < 4.78 is 33.3. The van der Waals surface area contributed by atoms with Gasteiger partial charge in [0.2, 0.25) is 5.91 Å². The van der Waals surface area contributed by atoms with E-state index in [1.807, 2.05) is 0 Å². The quantitative estimate of drug-likeness (QED) is 0.788. The Morgan fingerprint density at radius 1 is 1.21 bits per heavy atom. The first-order chi connectivity index (χ1) is 10.9. The van der Waals surface area contributed by atoms with Crippen LogP contribution in [-0.2, 0) is 9.53 Å². The number of halogens is 2. The second kappa shape index (κ2) is 6.03. The van der Waals surface area contributed by atoms with Gasteiger partial charge < -0.3 is 9.64 Å². The second-order valence-corrected chi connectivity index (χ2v) is 7.43. The SMILES string of the molecule is CC(C)(C)OC(=O)N1CC(=O)N(c2c(F)cccc2F)CC1(C)C. The van der Waals surface area contributed by atoms with E-state index in [1.165, 1.54) is 11.0 Å². The van der Waals surface area contributed by atoms with E-state index in [2.05, 4.69) is 0 Å². The zero-order valence-electron chi connectivity index (χ0n) is 14.5. The molecular formula is C17H22F2N2O3. The first-order valence-corrected chi connectivity index (χ1v) is 7.67. The van der Waals surface area contributed by atoms with E-state index in [1.54, 1.807) is 34.6 Å². The van der Waals surface area contributed by atoms with Gasteiger partial charge in [-0.15, -0.1) is 0 Å². The van der Waals surface area contributed by atoms with Crippen LogP contribution in [0.4, 0.5) is 19.3 Å². The van der Waals surface area contributed by atoms with Crippen molar-refractivity contribution in [2.24, 2.45) is 0 Å². The third-order valence-corrected chi connectivity index (χ3v) is 3.69. The maximum atomic E-state index is 14.0. The molecule has 0 spiro atoms. The normalized spacial score (nSPS) is 17.9. The number of piperazine rings is 1. The molecule has 1 saturated heterocycles. The summed E-state index contributed by atoms with van der Waals surface area (Å²) in [5, 5.41) is 0. The minimum Gasteiger partial charge on any atom is -0.444 e. The summed E-state index contributed by atoms with van der Waals surface area (Å²) in [5.41, 5.74) is -1.94. The molecule has 0 unspecified atom stereocenters. The maximum absolute atomic E-state index is 14.0. The van der Waals surface area contributed by atoms with Crippen molar-refractivity contribution in [2.45, 2.75) is 45.8 Å². The Kier molecular flexibility index (Phi) is 4.57. The van der Waals surface area contributed by atoms with Crippen LogP contribution in [0.1, 0.15) is 34.6 Å². The van der Waals surface area contributed by atoms with Gasteiger partial charge in [-0.05, 0) is 46.8 Å². The maximum Gasteiger partial charge on any atom is 0.411 e. The Hall–Kier alpha value is -2.18. The van der Waals surface area contributed by atoms with Gasteiger partial charge in [-0.1, -0.05) is 6.07 Å². The highest BCUT2D eigenvalue weighted by Crippen LogP contribution is 2.31. The number of hydrogen-bond acceptors (Lipinski definition) is 3. The number of hydrogen-bond donors (Lipinski definition) is 0. The Labute approximate surface area is 140 Å². The van der Waals surface area contributed by atoms with Crippen molar-refractivity contribution in [3.05, 3.63) is 29.8 Å². The molecule has 0 bridgehead atoms. The standard InChI is InChI=1S/C17H22F2N2O3/c1-16(2,3)24-15(23)21-9-13(22)20(10-17(21,4)5)14-11(18)7-6-8-12(14)19/h6-8H,9-10H2,1-5H3. The third kappa shape index (κ3) is 3.66. The van der Waals surface area contributed by atoms with Crippen molar-refractivity contribution in [2.75, 3.05) is 18.0 Å². The zero-order chi connectivity index (χ0) is 18.3. The van der Waals surface area contributed by atoms with Crippen LogP contribution in [0, 0.1) is 11.6 Å². The molecule has 7 heteroatoms. The summed E-state index contributed by atoms with van der Waals surface area (Å²) >= 11 is 0. The summed E-state index contributed by atoms with van der Waals surface area (Å²) in [4.78, 5) is 27.1. The van der Waals surface area contributed by atoms with Crippen LogP contribution in [0.25, 0.3) is 0 Å². The fraction of sp³-hybridized carbons (Fsp3) is 0.529. The molecule has 1 heterocycles. The van der Waals surface area contributed by atoms with Crippen LogP contribution >= 0.6 is 0 Å². The number of carbonyl (C=O) groups excluding carboxylic acids is 2. The first kappa shape index (κ1) is 18.2. The van der Waals surface area contributed by atoms with Crippen molar-refractivity contribution in [1.82, 2.24) is 4.90 Å². The van der Waals surface area contributed by atoms with Crippen LogP contribution in [0.5, 0.6) is 0 Å². The highest BCUT2D eigenvalue weighted by atomic mass is 19.1. The predicted molar refractivity (Wildman–Crippen MR) is 85.7 cm³/mol. The smallest absolute Gasteiger partial charge is 0.411 e. The average molecular weight is 340 g/mol. The van der Waals surface area contributed by atoms with Crippen LogP contribution in [0.15, 0.2) is 18.2 Å². The number of ether oxygens (including phenoxy) is 1. The average Bonchev–Trinajstić information content (AvgIpc) is 2.39. The lowest BCUT2D eigenvalue weighted by atomic mass is 9.98. The van der Waals surface area contributed by atoms with Gasteiger partial charge in [-0.25, -0.2) is 13.6 Å². The molecule has 0 aliphatic carbocycles. The molecule has 1 aliphatic heterocycles. The second-order valence-electron chi connectivity index (χ2n) is 7.43. The fourth-order valence-electron chi connectivity index (χ4n) is 2.57. The molecule has 1 fully saturated rings. The molecule has 0 N–H and O–H groups in total. The molecule has 1 aromatic carbocycles. The van der Waals surface area contributed by atoms with E-state index in [0.717, 1.165) is 17.0 Å². The molecule has 132 valence electrons. The van der Waals surface area contributed by atoms with Crippen molar-refractivity contribution in [1.29, 1.82) is 0 Å². The lowest BCUT2D eigenvalue weighted by molar-refractivity contribution is -0.124. The van der Waals surface area contributed by atoms with E-state index in [-0.39, 0.29) is 18.8 Å². The van der Waals surface area contributed by atoms with E-state index >= 15 is 0 Å². The van der Waals surface area contributed by atoms with Gasteiger partial charge in [0.1, 0.15) is 29.5 Å². The Morgan fingerprint density at radius 3 is 2.25 bits per heavy atom. The Morgan fingerprint density at radius 2 is 1.75 bits per heavy atom. The number of anilines is 1. The summed E-state index contributed by atoms with van der Waals surface area (Å²) in [5.74, 6) is -2.20. The van der Waals surface area contributed by atoms with Gasteiger partial charge in [0.05, 0.1) is 5.54 Å². The molecule has 0 radical (unpaired) electrons. The Balaban J connectivity index is 2.30. The summed E-state index contributed by atoms with van der Waals surface area (Å²) in [6.45, 7) is 8.27.